The van der Waals surface area contributed by atoms with Crippen LogP contribution in [0.4, 0.5) is 0 Å². The largest absolute Gasteiger partial charge is 0.294 e. The van der Waals surface area contributed by atoms with Crippen LogP contribution in [0.5, 0.6) is 0 Å². The van der Waals surface area contributed by atoms with Crippen LogP contribution in [0, 0.1) is 20.8 Å². The average Bonchev–Trinajstić information content (AvgIpc) is 2.77. The number of ketones is 1. The summed E-state index contributed by atoms with van der Waals surface area (Å²) in [5, 5.41) is 0. The Balaban J connectivity index is 1.49. The average molecular weight is 427 g/mol. The van der Waals surface area contributed by atoms with Gasteiger partial charge in [-0.15, -0.1) is 0 Å². The van der Waals surface area contributed by atoms with Crippen molar-refractivity contribution in [2.75, 3.05) is 0 Å². The fourth-order valence-electron chi connectivity index (χ4n) is 4.65. The summed E-state index contributed by atoms with van der Waals surface area (Å²) in [6.45, 7) is 8.72. The van der Waals surface area contributed by atoms with Gasteiger partial charge in [0.2, 0.25) is 0 Å². The Morgan fingerprint density at radius 3 is 2.12 bits per heavy atom. The molecule has 0 fully saturated rings. The minimum Gasteiger partial charge on any atom is -0.294 e. The molecule has 0 aliphatic rings. The normalized spacial score (nSPS) is 12.0. The molecule has 168 valence electrons. The molecule has 32 heavy (non-hydrogen) atoms. The molecule has 1 heteroatoms. The van der Waals surface area contributed by atoms with Crippen molar-refractivity contribution in [2.24, 2.45) is 0 Å². The van der Waals surface area contributed by atoms with Crippen LogP contribution in [0.1, 0.15) is 88.7 Å². The molecule has 0 saturated heterocycles. The van der Waals surface area contributed by atoms with Gasteiger partial charge in [-0.3, -0.25) is 4.79 Å². The number of aryl methyl sites for hydroxylation is 5. The topological polar surface area (TPSA) is 17.1 Å². The predicted molar refractivity (Wildman–Crippen MR) is 137 cm³/mol. The van der Waals surface area contributed by atoms with E-state index in [1.54, 1.807) is 0 Å². The maximum absolute atomic E-state index is 13.0. The van der Waals surface area contributed by atoms with Gasteiger partial charge in [0.05, 0.1) is 0 Å². The van der Waals surface area contributed by atoms with Crippen LogP contribution < -0.4 is 0 Å². The van der Waals surface area contributed by atoms with E-state index in [1.165, 1.54) is 52.6 Å². The van der Waals surface area contributed by atoms with Crippen molar-refractivity contribution in [1.82, 2.24) is 0 Å². The second kappa shape index (κ2) is 11.8. The smallest absolute Gasteiger partial charge is 0.163 e. The first-order chi connectivity index (χ1) is 15.4. The summed E-state index contributed by atoms with van der Waals surface area (Å²) in [5.41, 5.74) is 8.80. The Morgan fingerprint density at radius 2 is 1.41 bits per heavy atom. The Labute approximate surface area is 194 Å². The molecule has 0 aliphatic heterocycles. The van der Waals surface area contributed by atoms with Crippen LogP contribution in [0.3, 0.4) is 0 Å². The van der Waals surface area contributed by atoms with Gasteiger partial charge in [0.1, 0.15) is 0 Å². The zero-order valence-electron chi connectivity index (χ0n) is 20.3. The van der Waals surface area contributed by atoms with Crippen molar-refractivity contribution in [1.29, 1.82) is 0 Å². The lowest BCUT2D eigenvalue weighted by Gasteiger charge is -2.16. The number of carbonyl (C=O) groups excluding carboxylic acids is 1. The van der Waals surface area contributed by atoms with Gasteiger partial charge in [-0.1, -0.05) is 103 Å². The van der Waals surface area contributed by atoms with Gasteiger partial charge >= 0.3 is 0 Å². The fourth-order valence-corrected chi connectivity index (χ4v) is 4.65. The van der Waals surface area contributed by atoms with Gasteiger partial charge in [-0.25, -0.2) is 0 Å². The molecule has 0 spiro atoms. The Morgan fingerprint density at radius 1 is 0.719 bits per heavy atom. The standard InChI is InChI=1S/C31H38O/c1-23-14-16-27(17-15-23)18-19-31(32)30-13-9-8-12-29(30)26(4)10-6-5-7-11-28-21-24(2)20-25(3)22-28/h8-9,12-17,20-22,26H,5-7,10-11,18-19H2,1-4H3. The number of carbonyl (C=O) groups is 1. The molecule has 0 saturated carbocycles. The van der Waals surface area contributed by atoms with Crippen molar-refractivity contribution < 1.29 is 4.79 Å². The van der Waals surface area contributed by atoms with Crippen molar-refractivity contribution in [2.45, 2.75) is 78.6 Å². The lowest BCUT2D eigenvalue weighted by molar-refractivity contribution is 0.0981. The lowest BCUT2D eigenvalue weighted by atomic mass is 9.88. The van der Waals surface area contributed by atoms with Crippen LogP contribution in [0.2, 0.25) is 0 Å². The maximum Gasteiger partial charge on any atom is 0.163 e. The Bertz CT molecular complexity index is 993. The van der Waals surface area contributed by atoms with Crippen LogP contribution in [-0.4, -0.2) is 5.78 Å². The SMILES string of the molecule is Cc1ccc(CCC(=O)c2ccccc2C(C)CCCCCc2cc(C)cc(C)c2)cc1. The van der Waals surface area contributed by atoms with Gasteiger partial charge in [0, 0.05) is 12.0 Å². The summed E-state index contributed by atoms with van der Waals surface area (Å²) in [6, 6.07) is 23.6. The highest BCUT2D eigenvalue weighted by molar-refractivity contribution is 5.97. The third kappa shape index (κ3) is 7.19. The molecule has 1 atom stereocenters. The number of Topliss-reactive ketones (excluding diaryl/α,β-unsaturated/α-hetero) is 1. The van der Waals surface area contributed by atoms with E-state index < -0.39 is 0 Å². The van der Waals surface area contributed by atoms with Crippen molar-refractivity contribution >= 4 is 5.78 Å². The number of hydrogen-bond donors (Lipinski definition) is 0. The molecule has 0 heterocycles. The van der Waals surface area contributed by atoms with Crippen molar-refractivity contribution in [3.05, 3.63) is 106 Å². The first-order valence-corrected chi connectivity index (χ1v) is 12.2. The summed E-state index contributed by atoms with van der Waals surface area (Å²) in [4.78, 5) is 13.0. The van der Waals surface area contributed by atoms with Crippen molar-refractivity contribution in [3.63, 3.8) is 0 Å². The fraction of sp³-hybridized carbons (Fsp3) is 0.387. The molecule has 0 amide bonds. The zero-order chi connectivity index (χ0) is 22.9. The number of hydrogen-bond acceptors (Lipinski definition) is 1. The zero-order valence-corrected chi connectivity index (χ0v) is 20.3. The summed E-state index contributed by atoms with van der Waals surface area (Å²) in [6.07, 6.45) is 7.34. The molecule has 3 rings (SSSR count). The Hall–Kier alpha value is -2.67. The molecule has 0 aliphatic carbocycles. The van der Waals surface area contributed by atoms with E-state index in [2.05, 4.69) is 82.3 Å². The molecular weight excluding hydrogens is 388 g/mol. The van der Waals surface area contributed by atoms with Crippen molar-refractivity contribution in [3.8, 4) is 0 Å². The number of rotatable bonds is 11. The summed E-state index contributed by atoms with van der Waals surface area (Å²) in [5.74, 6) is 0.679. The molecular formula is C31H38O. The van der Waals surface area contributed by atoms with Gasteiger partial charge in [-0.2, -0.15) is 0 Å². The lowest BCUT2D eigenvalue weighted by Crippen LogP contribution is -2.07. The molecule has 0 radical (unpaired) electrons. The van der Waals surface area contributed by atoms with E-state index in [9.17, 15) is 4.79 Å². The first kappa shape index (κ1) is 24.0. The quantitative estimate of drug-likeness (QED) is 0.222. The molecule has 1 nitrogen and oxygen atoms in total. The highest BCUT2D eigenvalue weighted by atomic mass is 16.1. The summed E-state index contributed by atoms with van der Waals surface area (Å²) >= 11 is 0. The van der Waals surface area contributed by atoms with Gasteiger partial charge < -0.3 is 0 Å². The minimum atomic E-state index is 0.267. The van der Waals surface area contributed by atoms with E-state index in [1.807, 2.05) is 12.1 Å². The van der Waals surface area contributed by atoms with Gasteiger partial charge in [-0.05, 0) is 69.1 Å². The van der Waals surface area contributed by atoms with Crippen LogP contribution in [-0.2, 0) is 12.8 Å². The molecule has 0 N–H and O–H groups in total. The molecule has 3 aromatic carbocycles. The second-order valence-electron chi connectivity index (χ2n) is 9.49. The maximum atomic E-state index is 13.0. The molecule has 0 aromatic heterocycles. The van der Waals surface area contributed by atoms with E-state index in [0.717, 1.165) is 24.8 Å². The molecule has 0 bridgehead atoms. The summed E-state index contributed by atoms with van der Waals surface area (Å²) in [7, 11) is 0. The third-order valence-electron chi connectivity index (χ3n) is 6.44. The molecule has 1 unspecified atom stereocenters. The monoisotopic (exact) mass is 426 g/mol. The van der Waals surface area contributed by atoms with Crippen LogP contribution in [0.15, 0.2) is 66.7 Å². The summed E-state index contributed by atoms with van der Waals surface area (Å²) < 4.78 is 0. The van der Waals surface area contributed by atoms with E-state index in [4.69, 9.17) is 0 Å². The second-order valence-corrected chi connectivity index (χ2v) is 9.49. The Kier molecular flexibility index (Phi) is 8.85. The van der Waals surface area contributed by atoms with Gasteiger partial charge in [0.25, 0.3) is 0 Å². The van der Waals surface area contributed by atoms with E-state index in [-0.39, 0.29) is 5.78 Å². The van der Waals surface area contributed by atoms with E-state index in [0.29, 0.717) is 12.3 Å². The minimum absolute atomic E-state index is 0.267. The van der Waals surface area contributed by atoms with E-state index >= 15 is 0 Å². The highest BCUT2D eigenvalue weighted by Gasteiger charge is 2.15. The van der Waals surface area contributed by atoms with Crippen LogP contribution >= 0.6 is 0 Å². The first-order valence-electron chi connectivity index (χ1n) is 12.2. The van der Waals surface area contributed by atoms with Crippen LogP contribution in [0.25, 0.3) is 0 Å². The predicted octanol–water partition coefficient (Wildman–Crippen LogP) is 8.33. The number of benzene rings is 3. The highest BCUT2D eigenvalue weighted by Crippen LogP contribution is 2.27. The van der Waals surface area contributed by atoms with Gasteiger partial charge in [0.15, 0.2) is 5.78 Å². The number of unbranched alkanes of at least 4 members (excludes halogenated alkanes) is 2. The molecule has 3 aromatic rings. The third-order valence-corrected chi connectivity index (χ3v) is 6.44.